The summed E-state index contributed by atoms with van der Waals surface area (Å²) in [5.74, 6) is 2.34. The highest BCUT2D eigenvalue weighted by Crippen LogP contribution is 2.33. The molecule has 1 aromatic carbocycles. The first kappa shape index (κ1) is 12.5. The van der Waals surface area contributed by atoms with Gasteiger partial charge in [-0.05, 0) is 24.1 Å². The molecule has 4 nitrogen and oxygen atoms in total. The normalized spacial score (nSPS) is 10.4. The molecule has 0 saturated carbocycles. The van der Waals surface area contributed by atoms with Gasteiger partial charge in [-0.25, -0.2) is 4.98 Å². The van der Waals surface area contributed by atoms with Crippen molar-refractivity contribution in [3.63, 3.8) is 0 Å². The van der Waals surface area contributed by atoms with Crippen LogP contribution in [0.25, 0.3) is 10.9 Å². The third-order valence-electron chi connectivity index (χ3n) is 3.02. The lowest BCUT2D eigenvalue weighted by Crippen LogP contribution is -1.99. The van der Waals surface area contributed by atoms with Crippen molar-refractivity contribution in [3.05, 3.63) is 23.8 Å². The SMILES string of the molecule is CCc1cc2cc(OC)c(OC)cc2nc1NC. The average molecular weight is 246 g/mol. The number of fused-ring (bicyclic) bond motifs is 1. The maximum Gasteiger partial charge on any atom is 0.162 e. The van der Waals surface area contributed by atoms with Gasteiger partial charge in [-0.1, -0.05) is 6.92 Å². The smallest absolute Gasteiger partial charge is 0.162 e. The zero-order valence-corrected chi connectivity index (χ0v) is 11.2. The predicted molar refractivity (Wildman–Crippen MR) is 73.8 cm³/mol. The Morgan fingerprint density at radius 1 is 1.11 bits per heavy atom. The minimum absolute atomic E-state index is 0.698. The average Bonchev–Trinajstić information content (AvgIpc) is 2.43. The molecule has 2 rings (SSSR count). The summed E-state index contributed by atoms with van der Waals surface area (Å²) in [5.41, 5.74) is 2.09. The van der Waals surface area contributed by atoms with Crippen LogP contribution in [0, 0.1) is 0 Å². The van der Waals surface area contributed by atoms with E-state index in [0.717, 1.165) is 28.9 Å². The molecule has 1 heterocycles. The molecular weight excluding hydrogens is 228 g/mol. The van der Waals surface area contributed by atoms with Crippen molar-refractivity contribution < 1.29 is 9.47 Å². The Morgan fingerprint density at radius 2 is 1.78 bits per heavy atom. The Labute approximate surface area is 107 Å². The molecule has 0 saturated heterocycles. The minimum atomic E-state index is 0.698. The van der Waals surface area contributed by atoms with Crippen LogP contribution >= 0.6 is 0 Å². The summed E-state index contributed by atoms with van der Waals surface area (Å²) < 4.78 is 10.6. The van der Waals surface area contributed by atoms with Crippen molar-refractivity contribution >= 4 is 16.7 Å². The second-order valence-corrected chi connectivity index (χ2v) is 4.00. The van der Waals surface area contributed by atoms with E-state index in [2.05, 4.69) is 23.3 Å². The number of benzene rings is 1. The van der Waals surface area contributed by atoms with Crippen molar-refractivity contribution in [2.45, 2.75) is 13.3 Å². The minimum Gasteiger partial charge on any atom is -0.493 e. The summed E-state index contributed by atoms with van der Waals surface area (Å²) in [5, 5.41) is 4.18. The second kappa shape index (κ2) is 5.12. The maximum atomic E-state index is 5.31. The van der Waals surface area contributed by atoms with E-state index >= 15 is 0 Å². The van der Waals surface area contributed by atoms with Gasteiger partial charge in [0.15, 0.2) is 11.5 Å². The number of pyridine rings is 1. The van der Waals surface area contributed by atoms with E-state index in [1.54, 1.807) is 14.2 Å². The fraction of sp³-hybridized carbons (Fsp3) is 0.357. The summed E-state index contributed by atoms with van der Waals surface area (Å²) >= 11 is 0. The molecule has 18 heavy (non-hydrogen) atoms. The quantitative estimate of drug-likeness (QED) is 0.900. The van der Waals surface area contributed by atoms with E-state index < -0.39 is 0 Å². The van der Waals surface area contributed by atoms with Gasteiger partial charge >= 0.3 is 0 Å². The van der Waals surface area contributed by atoms with Crippen molar-refractivity contribution in [3.8, 4) is 11.5 Å². The van der Waals surface area contributed by atoms with Crippen LogP contribution in [-0.4, -0.2) is 26.3 Å². The van der Waals surface area contributed by atoms with Crippen molar-refractivity contribution in [1.82, 2.24) is 4.98 Å². The number of aromatic nitrogens is 1. The van der Waals surface area contributed by atoms with Gasteiger partial charge in [-0.3, -0.25) is 0 Å². The third-order valence-corrected chi connectivity index (χ3v) is 3.02. The largest absolute Gasteiger partial charge is 0.493 e. The molecule has 1 N–H and O–H groups in total. The van der Waals surface area contributed by atoms with Crippen LogP contribution in [0.1, 0.15) is 12.5 Å². The molecule has 0 bridgehead atoms. The standard InChI is InChI=1S/C14H18N2O2/c1-5-9-6-10-7-12(17-3)13(18-4)8-11(10)16-14(9)15-2/h6-8H,5H2,1-4H3,(H,15,16). The highest BCUT2D eigenvalue weighted by molar-refractivity contribution is 5.85. The van der Waals surface area contributed by atoms with Gasteiger partial charge in [-0.2, -0.15) is 0 Å². The van der Waals surface area contributed by atoms with Crippen LogP contribution in [0.3, 0.4) is 0 Å². The fourth-order valence-corrected chi connectivity index (χ4v) is 2.03. The van der Waals surface area contributed by atoms with Gasteiger partial charge in [0.25, 0.3) is 0 Å². The number of hydrogen-bond donors (Lipinski definition) is 1. The van der Waals surface area contributed by atoms with E-state index in [0.29, 0.717) is 5.75 Å². The first-order valence-electron chi connectivity index (χ1n) is 5.96. The van der Waals surface area contributed by atoms with Crippen molar-refractivity contribution in [1.29, 1.82) is 0 Å². The van der Waals surface area contributed by atoms with E-state index in [1.165, 1.54) is 5.56 Å². The molecule has 4 heteroatoms. The lowest BCUT2D eigenvalue weighted by atomic mass is 10.1. The van der Waals surface area contributed by atoms with E-state index in [1.807, 2.05) is 19.2 Å². The van der Waals surface area contributed by atoms with Crippen molar-refractivity contribution in [2.75, 3.05) is 26.6 Å². The van der Waals surface area contributed by atoms with E-state index in [-0.39, 0.29) is 0 Å². The van der Waals surface area contributed by atoms with E-state index in [9.17, 15) is 0 Å². The first-order valence-corrected chi connectivity index (χ1v) is 5.96. The molecule has 0 aliphatic heterocycles. The molecule has 0 spiro atoms. The fourth-order valence-electron chi connectivity index (χ4n) is 2.03. The lowest BCUT2D eigenvalue weighted by molar-refractivity contribution is 0.356. The van der Waals surface area contributed by atoms with Crippen LogP contribution < -0.4 is 14.8 Å². The van der Waals surface area contributed by atoms with Crippen LogP contribution in [0.5, 0.6) is 11.5 Å². The second-order valence-electron chi connectivity index (χ2n) is 4.00. The number of aryl methyl sites for hydroxylation is 1. The molecule has 0 aliphatic rings. The first-order chi connectivity index (χ1) is 8.73. The predicted octanol–water partition coefficient (Wildman–Crippen LogP) is 2.86. The van der Waals surface area contributed by atoms with Gasteiger partial charge in [0.2, 0.25) is 0 Å². The molecule has 2 aromatic rings. The number of hydrogen-bond acceptors (Lipinski definition) is 4. The van der Waals surface area contributed by atoms with Crippen LogP contribution in [0.4, 0.5) is 5.82 Å². The molecule has 0 aliphatic carbocycles. The Bertz CT molecular complexity index is 470. The van der Waals surface area contributed by atoms with Crippen LogP contribution in [0.2, 0.25) is 0 Å². The number of nitrogens with zero attached hydrogens (tertiary/aromatic N) is 1. The molecule has 96 valence electrons. The molecule has 0 amide bonds. The van der Waals surface area contributed by atoms with E-state index in [4.69, 9.17) is 9.47 Å². The molecule has 0 atom stereocenters. The number of methoxy groups -OCH3 is 2. The number of ether oxygens (including phenoxy) is 2. The highest BCUT2D eigenvalue weighted by Gasteiger charge is 2.09. The van der Waals surface area contributed by atoms with Crippen molar-refractivity contribution in [2.24, 2.45) is 0 Å². The third kappa shape index (κ3) is 2.06. The van der Waals surface area contributed by atoms with Gasteiger partial charge in [0, 0.05) is 18.5 Å². The molecule has 0 fully saturated rings. The summed E-state index contributed by atoms with van der Waals surface area (Å²) in [6.07, 6.45) is 0.938. The van der Waals surface area contributed by atoms with Gasteiger partial charge in [0.05, 0.1) is 19.7 Å². The number of nitrogens with one attached hydrogen (secondary N) is 1. The Balaban J connectivity index is 2.69. The number of rotatable bonds is 4. The maximum absolute atomic E-state index is 5.31. The molecular formula is C14H18N2O2. The lowest BCUT2D eigenvalue weighted by Gasteiger charge is -2.12. The highest BCUT2D eigenvalue weighted by atomic mass is 16.5. The van der Waals surface area contributed by atoms with Crippen LogP contribution in [0.15, 0.2) is 18.2 Å². The monoisotopic (exact) mass is 246 g/mol. The molecule has 0 unspecified atom stereocenters. The van der Waals surface area contributed by atoms with Crippen LogP contribution in [-0.2, 0) is 6.42 Å². The van der Waals surface area contributed by atoms with Gasteiger partial charge in [-0.15, -0.1) is 0 Å². The Morgan fingerprint density at radius 3 is 2.33 bits per heavy atom. The molecule has 1 aromatic heterocycles. The Kier molecular flexibility index (Phi) is 3.55. The Hall–Kier alpha value is -1.97. The van der Waals surface area contributed by atoms with Gasteiger partial charge in [0.1, 0.15) is 5.82 Å². The summed E-state index contributed by atoms with van der Waals surface area (Å²) in [7, 11) is 5.15. The summed E-state index contributed by atoms with van der Waals surface area (Å²) in [4.78, 5) is 4.60. The van der Waals surface area contributed by atoms with Gasteiger partial charge < -0.3 is 14.8 Å². The zero-order valence-electron chi connectivity index (χ0n) is 11.2. The topological polar surface area (TPSA) is 43.4 Å². The number of anilines is 1. The summed E-state index contributed by atoms with van der Waals surface area (Å²) in [6.45, 7) is 2.12. The zero-order chi connectivity index (χ0) is 13.1. The molecule has 0 radical (unpaired) electrons. The summed E-state index contributed by atoms with van der Waals surface area (Å²) in [6, 6.07) is 5.99.